The van der Waals surface area contributed by atoms with Gasteiger partial charge < -0.3 is 15.5 Å². The number of benzene rings is 3. The van der Waals surface area contributed by atoms with Gasteiger partial charge in [0, 0.05) is 35.6 Å². The number of hydrogen-bond donors (Lipinski definition) is 2. The largest absolute Gasteiger partial charge is 0.376 e. The number of carbonyl (C=O) groups is 2. The Morgan fingerprint density at radius 2 is 1.62 bits per heavy atom. The lowest BCUT2D eigenvalue weighted by molar-refractivity contribution is -0.114. The van der Waals surface area contributed by atoms with Gasteiger partial charge in [-0.05, 0) is 48.0 Å². The minimum Gasteiger partial charge on any atom is -0.376 e. The Hall–Kier alpha value is -3.31. The van der Waals surface area contributed by atoms with E-state index in [0.717, 1.165) is 11.3 Å². The first-order valence-electron chi connectivity index (χ1n) is 9.20. The minimum absolute atomic E-state index is 0.105. The fourth-order valence-electron chi connectivity index (χ4n) is 2.83. The number of anilines is 2. The highest BCUT2D eigenvalue weighted by atomic mass is 35.5. The first-order valence-corrected chi connectivity index (χ1v) is 9.58. The summed E-state index contributed by atoms with van der Waals surface area (Å²) in [6.07, 6.45) is 0. The molecular formula is C23H22ClN3O2. The Kier molecular flexibility index (Phi) is 6.87. The SMILES string of the molecule is CN(Cc1ccccc1)C(=O)c1cccc(NC(=O)CNc2ccc(Cl)cc2)c1. The molecule has 148 valence electrons. The second-order valence-corrected chi connectivity index (χ2v) is 7.07. The topological polar surface area (TPSA) is 61.4 Å². The first kappa shape index (κ1) is 20.4. The lowest BCUT2D eigenvalue weighted by atomic mass is 10.1. The van der Waals surface area contributed by atoms with E-state index in [2.05, 4.69) is 10.6 Å². The number of hydrogen-bond acceptors (Lipinski definition) is 3. The van der Waals surface area contributed by atoms with Crippen LogP contribution >= 0.6 is 11.6 Å². The molecule has 0 aliphatic rings. The molecule has 0 aromatic heterocycles. The van der Waals surface area contributed by atoms with E-state index in [4.69, 9.17) is 11.6 Å². The molecule has 0 heterocycles. The maximum Gasteiger partial charge on any atom is 0.253 e. The van der Waals surface area contributed by atoms with Crippen molar-refractivity contribution in [2.45, 2.75) is 6.54 Å². The molecule has 0 spiro atoms. The maximum absolute atomic E-state index is 12.7. The van der Waals surface area contributed by atoms with Gasteiger partial charge in [0.15, 0.2) is 0 Å². The molecule has 0 aliphatic carbocycles. The number of halogens is 1. The quantitative estimate of drug-likeness (QED) is 0.598. The first-order chi connectivity index (χ1) is 14.0. The summed E-state index contributed by atoms with van der Waals surface area (Å²) >= 11 is 5.85. The van der Waals surface area contributed by atoms with Crippen LogP contribution in [-0.4, -0.2) is 30.3 Å². The standard InChI is InChI=1S/C23H22ClN3O2/c1-27(16-17-6-3-2-4-7-17)23(29)18-8-5-9-21(14-18)26-22(28)15-25-20-12-10-19(24)11-13-20/h2-14,25H,15-16H2,1H3,(H,26,28). The van der Waals surface area contributed by atoms with E-state index in [9.17, 15) is 9.59 Å². The third kappa shape index (κ3) is 6.09. The zero-order chi connectivity index (χ0) is 20.6. The lowest BCUT2D eigenvalue weighted by Gasteiger charge is -2.18. The van der Waals surface area contributed by atoms with Crippen molar-refractivity contribution in [3.63, 3.8) is 0 Å². The minimum atomic E-state index is -0.206. The van der Waals surface area contributed by atoms with Crippen molar-refractivity contribution >= 4 is 34.8 Å². The van der Waals surface area contributed by atoms with Gasteiger partial charge in [0.2, 0.25) is 5.91 Å². The molecule has 0 bridgehead atoms. The maximum atomic E-state index is 12.7. The van der Waals surface area contributed by atoms with Crippen molar-refractivity contribution < 1.29 is 9.59 Å². The Morgan fingerprint density at radius 1 is 0.897 bits per heavy atom. The Labute approximate surface area is 175 Å². The molecule has 0 aliphatic heterocycles. The molecule has 3 rings (SSSR count). The van der Waals surface area contributed by atoms with Crippen LogP contribution < -0.4 is 10.6 Å². The molecule has 0 fully saturated rings. The van der Waals surface area contributed by atoms with Crippen LogP contribution in [0.25, 0.3) is 0 Å². The van der Waals surface area contributed by atoms with Gasteiger partial charge in [-0.2, -0.15) is 0 Å². The van der Waals surface area contributed by atoms with Crippen molar-refractivity contribution in [3.05, 3.63) is 95.0 Å². The number of carbonyl (C=O) groups excluding carboxylic acids is 2. The Balaban J connectivity index is 1.57. The summed E-state index contributed by atoms with van der Waals surface area (Å²) in [5, 5.41) is 6.48. The highest BCUT2D eigenvalue weighted by Crippen LogP contribution is 2.15. The van der Waals surface area contributed by atoms with Crippen molar-refractivity contribution in [2.75, 3.05) is 24.2 Å². The van der Waals surface area contributed by atoms with Gasteiger partial charge in [-0.3, -0.25) is 9.59 Å². The van der Waals surface area contributed by atoms with Crippen LogP contribution in [0.15, 0.2) is 78.9 Å². The zero-order valence-corrected chi connectivity index (χ0v) is 16.8. The smallest absolute Gasteiger partial charge is 0.253 e. The number of nitrogens with zero attached hydrogens (tertiary/aromatic N) is 1. The molecule has 0 radical (unpaired) electrons. The summed E-state index contributed by atoms with van der Waals surface area (Å²) in [7, 11) is 1.76. The van der Waals surface area contributed by atoms with Crippen LogP contribution in [0.3, 0.4) is 0 Å². The molecule has 2 N–H and O–H groups in total. The molecule has 0 atom stereocenters. The molecule has 6 heteroatoms. The van der Waals surface area contributed by atoms with Crippen molar-refractivity contribution in [1.29, 1.82) is 0 Å². The summed E-state index contributed by atoms with van der Waals surface area (Å²) in [6, 6.07) is 23.8. The van der Waals surface area contributed by atoms with E-state index in [1.807, 2.05) is 30.3 Å². The van der Waals surface area contributed by atoms with E-state index in [0.29, 0.717) is 22.8 Å². The molecule has 0 unspecified atom stereocenters. The van der Waals surface area contributed by atoms with E-state index in [1.165, 1.54) is 0 Å². The number of nitrogens with one attached hydrogen (secondary N) is 2. The Morgan fingerprint density at radius 3 is 2.34 bits per heavy atom. The fraction of sp³-hybridized carbons (Fsp3) is 0.130. The molecular weight excluding hydrogens is 386 g/mol. The highest BCUT2D eigenvalue weighted by molar-refractivity contribution is 6.30. The van der Waals surface area contributed by atoms with Gasteiger partial charge in [0.1, 0.15) is 0 Å². The fourth-order valence-corrected chi connectivity index (χ4v) is 2.96. The van der Waals surface area contributed by atoms with Crippen LogP contribution in [0.2, 0.25) is 5.02 Å². The molecule has 0 saturated carbocycles. The molecule has 29 heavy (non-hydrogen) atoms. The van der Waals surface area contributed by atoms with Gasteiger partial charge in [0.05, 0.1) is 6.54 Å². The average Bonchev–Trinajstić information content (AvgIpc) is 2.73. The predicted molar refractivity (Wildman–Crippen MR) is 117 cm³/mol. The van der Waals surface area contributed by atoms with Crippen molar-refractivity contribution in [3.8, 4) is 0 Å². The van der Waals surface area contributed by atoms with Gasteiger partial charge >= 0.3 is 0 Å². The normalized spacial score (nSPS) is 10.3. The number of amides is 2. The Bertz CT molecular complexity index is 975. The summed E-state index contributed by atoms with van der Waals surface area (Å²) < 4.78 is 0. The second-order valence-electron chi connectivity index (χ2n) is 6.64. The van der Waals surface area contributed by atoms with Crippen LogP contribution in [0.4, 0.5) is 11.4 Å². The third-order valence-electron chi connectivity index (χ3n) is 4.30. The van der Waals surface area contributed by atoms with Crippen LogP contribution in [0.5, 0.6) is 0 Å². The monoisotopic (exact) mass is 407 g/mol. The van der Waals surface area contributed by atoms with E-state index < -0.39 is 0 Å². The van der Waals surface area contributed by atoms with Crippen LogP contribution in [0.1, 0.15) is 15.9 Å². The second kappa shape index (κ2) is 9.75. The highest BCUT2D eigenvalue weighted by Gasteiger charge is 2.13. The summed E-state index contributed by atoms with van der Waals surface area (Å²) in [4.78, 5) is 26.6. The van der Waals surface area contributed by atoms with Gasteiger partial charge in [0.25, 0.3) is 5.91 Å². The van der Waals surface area contributed by atoms with Gasteiger partial charge in [-0.25, -0.2) is 0 Å². The molecule has 3 aromatic rings. The van der Waals surface area contributed by atoms with Gasteiger partial charge in [-0.15, -0.1) is 0 Å². The molecule has 5 nitrogen and oxygen atoms in total. The summed E-state index contributed by atoms with van der Waals surface area (Å²) in [5.74, 6) is -0.313. The predicted octanol–water partition coefficient (Wildman–Crippen LogP) is 4.66. The molecule has 2 amide bonds. The van der Waals surface area contributed by atoms with Crippen molar-refractivity contribution in [1.82, 2.24) is 4.90 Å². The van der Waals surface area contributed by atoms with Gasteiger partial charge in [-0.1, -0.05) is 48.0 Å². The van der Waals surface area contributed by atoms with Crippen molar-refractivity contribution in [2.24, 2.45) is 0 Å². The zero-order valence-electron chi connectivity index (χ0n) is 16.1. The molecule has 3 aromatic carbocycles. The number of rotatable bonds is 7. The van der Waals surface area contributed by atoms with Crippen LogP contribution in [-0.2, 0) is 11.3 Å². The lowest BCUT2D eigenvalue weighted by Crippen LogP contribution is -2.26. The van der Waals surface area contributed by atoms with E-state index in [-0.39, 0.29) is 18.4 Å². The van der Waals surface area contributed by atoms with E-state index in [1.54, 1.807) is 60.5 Å². The third-order valence-corrected chi connectivity index (χ3v) is 4.55. The van der Waals surface area contributed by atoms with E-state index >= 15 is 0 Å². The molecule has 0 saturated heterocycles. The summed E-state index contributed by atoms with van der Waals surface area (Å²) in [5.41, 5.74) is 2.95. The average molecular weight is 408 g/mol. The van der Waals surface area contributed by atoms with Crippen LogP contribution in [0, 0.1) is 0 Å². The summed E-state index contributed by atoms with van der Waals surface area (Å²) in [6.45, 7) is 0.620.